The van der Waals surface area contributed by atoms with Gasteiger partial charge in [-0.05, 0) is 50.1 Å². The van der Waals surface area contributed by atoms with E-state index in [0.29, 0.717) is 23.6 Å². The van der Waals surface area contributed by atoms with Crippen LogP contribution in [-0.4, -0.2) is 48.7 Å². The Morgan fingerprint density at radius 1 is 0.966 bits per heavy atom. The number of aromatic nitrogens is 2. The van der Waals surface area contributed by atoms with Crippen molar-refractivity contribution in [1.29, 1.82) is 0 Å². The zero-order valence-electron chi connectivity index (χ0n) is 17.2. The van der Waals surface area contributed by atoms with Crippen LogP contribution in [0.3, 0.4) is 0 Å². The molecule has 1 fully saturated rings. The summed E-state index contributed by atoms with van der Waals surface area (Å²) >= 11 is 0. The summed E-state index contributed by atoms with van der Waals surface area (Å²) in [6.45, 7) is 9.65. The molecule has 1 aliphatic heterocycles. The number of piperazine rings is 1. The molecule has 29 heavy (non-hydrogen) atoms. The molecule has 0 saturated carbocycles. The second kappa shape index (κ2) is 8.07. The van der Waals surface area contributed by atoms with Crippen LogP contribution in [0, 0.1) is 13.8 Å². The summed E-state index contributed by atoms with van der Waals surface area (Å²) in [7, 11) is 0. The van der Waals surface area contributed by atoms with Crippen molar-refractivity contribution in [2.75, 3.05) is 42.6 Å². The Balaban J connectivity index is 1.62. The number of carbonyl (C=O) groups is 1. The number of hydrogen-bond donors (Lipinski definition) is 0. The average Bonchev–Trinajstić information content (AvgIpc) is 2.75. The maximum Gasteiger partial charge on any atom is 0.360 e. The zero-order chi connectivity index (χ0) is 20.4. The van der Waals surface area contributed by atoms with Gasteiger partial charge >= 0.3 is 5.97 Å². The third kappa shape index (κ3) is 3.88. The summed E-state index contributed by atoms with van der Waals surface area (Å²) in [5, 5.41) is 0. The van der Waals surface area contributed by atoms with Gasteiger partial charge in [0.1, 0.15) is 0 Å². The first-order valence-electron chi connectivity index (χ1n) is 10.1. The summed E-state index contributed by atoms with van der Waals surface area (Å²) in [5.74, 6) is 0.195. The third-order valence-electron chi connectivity index (χ3n) is 5.31. The first-order valence-corrected chi connectivity index (χ1v) is 10.1. The minimum absolute atomic E-state index is 0.297. The molecule has 0 amide bonds. The van der Waals surface area contributed by atoms with Crippen molar-refractivity contribution in [2.45, 2.75) is 20.8 Å². The second-order valence-electron chi connectivity index (χ2n) is 7.37. The Labute approximate surface area is 171 Å². The summed E-state index contributed by atoms with van der Waals surface area (Å²) in [6.07, 6.45) is 0. The lowest BCUT2D eigenvalue weighted by Crippen LogP contribution is -2.47. The third-order valence-corrected chi connectivity index (χ3v) is 5.31. The minimum atomic E-state index is -0.419. The number of anilines is 2. The first kappa shape index (κ1) is 19.2. The average molecular weight is 390 g/mol. The number of carbonyl (C=O) groups excluding carboxylic acids is 1. The van der Waals surface area contributed by atoms with Gasteiger partial charge in [0, 0.05) is 31.9 Å². The second-order valence-corrected chi connectivity index (χ2v) is 7.37. The maximum absolute atomic E-state index is 12.6. The fraction of sp³-hybridized carbons (Fsp3) is 0.348. The molecule has 4 rings (SSSR count). The van der Waals surface area contributed by atoms with Crippen LogP contribution in [0.25, 0.3) is 11.0 Å². The highest BCUT2D eigenvalue weighted by molar-refractivity contribution is 5.95. The van der Waals surface area contributed by atoms with Crippen LogP contribution in [0.2, 0.25) is 0 Å². The van der Waals surface area contributed by atoms with E-state index < -0.39 is 5.97 Å². The van der Waals surface area contributed by atoms with Crippen LogP contribution < -0.4 is 9.80 Å². The van der Waals surface area contributed by atoms with Crippen molar-refractivity contribution in [3.63, 3.8) is 0 Å². The quantitative estimate of drug-likeness (QED) is 0.633. The van der Waals surface area contributed by atoms with E-state index in [1.807, 2.05) is 24.3 Å². The predicted molar refractivity (Wildman–Crippen MR) is 116 cm³/mol. The Kier molecular flexibility index (Phi) is 5.34. The highest BCUT2D eigenvalue weighted by Crippen LogP contribution is 2.26. The van der Waals surface area contributed by atoms with Gasteiger partial charge in [-0.15, -0.1) is 0 Å². The Hall–Kier alpha value is -3.15. The summed E-state index contributed by atoms with van der Waals surface area (Å²) < 4.78 is 5.25. The van der Waals surface area contributed by atoms with Gasteiger partial charge in [0.25, 0.3) is 0 Å². The van der Waals surface area contributed by atoms with Gasteiger partial charge in [0.15, 0.2) is 11.5 Å². The van der Waals surface area contributed by atoms with E-state index in [-0.39, 0.29) is 0 Å². The molecule has 3 aromatic rings. The molecule has 6 nitrogen and oxygen atoms in total. The molecule has 2 aromatic carbocycles. The molecule has 0 N–H and O–H groups in total. The van der Waals surface area contributed by atoms with Gasteiger partial charge in [0.2, 0.25) is 0 Å². The number of esters is 1. The number of para-hydroxylation sites is 2. The van der Waals surface area contributed by atoms with E-state index in [4.69, 9.17) is 9.72 Å². The van der Waals surface area contributed by atoms with E-state index >= 15 is 0 Å². The van der Waals surface area contributed by atoms with Crippen LogP contribution in [0.5, 0.6) is 0 Å². The van der Waals surface area contributed by atoms with Crippen molar-refractivity contribution < 1.29 is 9.53 Å². The van der Waals surface area contributed by atoms with Gasteiger partial charge in [-0.2, -0.15) is 0 Å². The zero-order valence-corrected chi connectivity index (χ0v) is 17.2. The van der Waals surface area contributed by atoms with Gasteiger partial charge in [0.05, 0.1) is 17.6 Å². The predicted octanol–water partition coefficient (Wildman–Crippen LogP) is 3.75. The molecule has 6 heteroatoms. The topological polar surface area (TPSA) is 58.6 Å². The van der Waals surface area contributed by atoms with Gasteiger partial charge in [-0.1, -0.05) is 24.3 Å². The molecule has 1 aliphatic rings. The lowest BCUT2D eigenvalue weighted by Gasteiger charge is -2.37. The van der Waals surface area contributed by atoms with Crippen molar-refractivity contribution in [1.82, 2.24) is 9.97 Å². The molecule has 150 valence electrons. The van der Waals surface area contributed by atoms with E-state index in [0.717, 1.165) is 31.7 Å². The number of rotatable bonds is 4. The van der Waals surface area contributed by atoms with Gasteiger partial charge in [-0.3, -0.25) is 0 Å². The standard InChI is InChI=1S/C23H26N4O2/c1-4-29-23(28)21-22(25-19-8-6-5-7-18(19)24-21)27-13-11-26(12-14-27)20-15-16(2)9-10-17(20)3/h5-10,15H,4,11-14H2,1-3H3. The normalized spacial score (nSPS) is 14.3. The van der Waals surface area contributed by atoms with E-state index in [1.165, 1.54) is 16.8 Å². The number of ether oxygens (including phenoxy) is 1. The summed E-state index contributed by atoms with van der Waals surface area (Å²) in [4.78, 5) is 26.5. The lowest BCUT2D eigenvalue weighted by atomic mass is 10.1. The molecule has 0 unspecified atom stereocenters. The Morgan fingerprint density at radius 3 is 2.31 bits per heavy atom. The molecule has 0 spiro atoms. The fourth-order valence-electron chi connectivity index (χ4n) is 3.77. The molecular weight excluding hydrogens is 364 g/mol. The van der Waals surface area contributed by atoms with Crippen molar-refractivity contribution >= 4 is 28.5 Å². The van der Waals surface area contributed by atoms with E-state index in [2.05, 4.69) is 46.8 Å². The molecular formula is C23H26N4O2. The van der Waals surface area contributed by atoms with Crippen LogP contribution in [-0.2, 0) is 4.74 Å². The molecule has 0 radical (unpaired) electrons. The SMILES string of the molecule is CCOC(=O)c1nc2ccccc2nc1N1CCN(c2cc(C)ccc2C)CC1. The van der Waals surface area contributed by atoms with Crippen LogP contribution in [0.1, 0.15) is 28.5 Å². The van der Waals surface area contributed by atoms with E-state index in [9.17, 15) is 4.79 Å². The molecule has 0 aliphatic carbocycles. The molecule has 0 atom stereocenters. The lowest BCUT2D eigenvalue weighted by molar-refractivity contribution is 0.0520. The number of fused-ring (bicyclic) bond motifs is 1. The van der Waals surface area contributed by atoms with Crippen molar-refractivity contribution in [3.05, 3.63) is 59.3 Å². The number of aryl methyl sites for hydroxylation is 2. The van der Waals surface area contributed by atoms with Crippen molar-refractivity contribution in [2.24, 2.45) is 0 Å². The van der Waals surface area contributed by atoms with Crippen molar-refractivity contribution in [3.8, 4) is 0 Å². The Morgan fingerprint density at radius 2 is 1.62 bits per heavy atom. The van der Waals surface area contributed by atoms with Crippen LogP contribution in [0.4, 0.5) is 11.5 Å². The molecule has 2 heterocycles. The Bertz CT molecular complexity index is 1040. The highest BCUT2D eigenvalue weighted by atomic mass is 16.5. The summed E-state index contributed by atoms with van der Waals surface area (Å²) in [6, 6.07) is 14.2. The largest absolute Gasteiger partial charge is 0.461 e. The smallest absolute Gasteiger partial charge is 0.360 e. The molecule has 1 saturated heterocycles. The number of nitrogens with zero attached hydrogens (tertiary/aromatic N) is 4. The number of benzene rings is 2. The highest BCUT2D eigenvalue weighted by Gasteiger charge is 2.26. The monoisotopic (exact) mass is 390 g/mol. The van der Waals surface area contributed by atoms with Gasteiger partial charge < -0.3 is 14.5 Å². The molecule has 1 aromatic heterocycles. The first-order chi connectivity index (χ1) is 14.1. The number of hydrogen-bond acceptors (Lipinski definition) is 6. The summed E-state index contributed by atoms with van der Waals surface area (Å²) in [5.41, 5.74) is 5.60. The minimum Gasteiger partial charge on any atom is -0.461 e. The van der Waals surface area contributed by atoms with Gasteiger partial charge in [-0.25, -0.2) is 14.8 Å². The fourth-order valence-corrected chi connectivity index (χ4v) is 3.77. The van der Waals surface area contributed by atoms with Crippen LogP contribution in [0.15, 0.2) is 42.5 Å². The van der Waals surface area contributed by atoms with Crippen LogP contribution >= 0.6 is 0 Å². The molecule has 0 bridgehead atoms. The van der Waals surface area contributed by atoms with E-state index in [1.54, 1.807) is 6.92 Å². The maximum atomic E-state index is 12.6.